The molecule has 156 valence electrons. The zero-order valence-corrected chi connectivity index (χ0v) is 19.3. The number of hydrogen-bond acceptors (Lipinski definition) is 2. The van der Waals surface area contributed by atoms with E-state index in [1.54, 1.807) is 0 Å². The van der Waals surface area contributed by atoms with E-state index in [4.69, 9.17) is 4.99 Å². The van der Waals surface area contributed by atoms with Gasteiger partial charge in [0.05, 0.1) is 5.69 Å². The van der Waals surface area contributed by atoms with Crippen molar-refractivity contribution in [2.24, 2.45) is 4.99 Å². The van der Waals surface area contributed by atoms with E-state index in [1.807, 2.05) is 6.21 Å². The van der Waals surface area contributed by atoms with Gasteiger partial charge in [-0.05, 0) is 98.9 Å². The third-order valence-electron chi connectivity index (χ3n) is 6.33. The van der Waals surface area contributed by atoms with Gasteiger partial charge in [0.2, 0.25) is 0 Å². The minimum atomic E-state index is 0.212. The molecule has 0 saturated heterocycles. The summed E-state index contributed by atoms with van der Waals surface area (Å²) >= 11 is 0. The van der Waals surface area contributed by atoms with Crippen molar-refractivity contribution < 1.29 is 0 Å². The van der Waals surface area contributed by atoms with Crippen molar-refractivity contribution in [1.82, 2.24) is 0 Å². The number of anilines is 1. The summed E-state index contributed by atoms with van der Waals surface area (Å²) in [5, 5.41) is 0. The van der Waals surface area contributed by atoms with E-state index in [9.17, 15) is 0 Å². The second-order valence-electron chi connectivity index (χ2n) is 9.37. The molecule has 2 aromatic carbocycles. The second-order valence-corrected chi connectivity index (χ2v) is 9.37. The summed E-state index contributed by atoms with van der Waals surface area (Å²) in [7, 11) is 0. The molecule has 0 aliphatic carbocycles. The minimum absolute atomic E-state index is 0.212. The van der Waals surface area contributed by atoms with E-state index < -0.39 is 0 Å². The lowest BCUT2D eigenvalue weighted by Crippen LogP contribution is -2.48. The van der Waals surface area contributed by atoms with Gasteiger partial charge in [-0.25, -0.2) is 0 Å². The van der Waals surface area contributed by atoms with Crippen LogP contribution in [0.2, 0.25) is 0 Å². The lowest BCUT2D eigenvalue weighted by atomic mass is 9.79. The summed E-state index contributed by atoms with van der Waals surface area (Å²) in [6.45, 7) is 15.0. The molecular formula is C27H38N2. The quantitative estimate of drug-likeness (QED) is 0.445. The van der Waals surface area contributed by atoms with E-state index in [0.29, 0.717) is 5.92 Å². The first-order valence-electron chi connectivity index (χ1n) is 11.4. The SMILES string of the molecule is CCCCc1ccc(N=Cc2cc3c(cc2C)N(CCC)C(C)(C)CC3C)cc1. The molecule has 1 aliphatic rings. The molecule has 0 N–H and O–H groups in total. The lowest BCUT2D eigenvalue weighted by Gasteiger charge is -2.48. The van der Waals surface area contributed by atoms with Crippen molar-refractivity contribution in [3.05, 3.63) is 58.7 Å². The number of rotatable bonds is 7. The van der Waals surface area contributed by atoms with Gasteiger partial charge in [0.25, 0.3) is 0 Å². The van der Waals surface area contributed by atoms with Gasteiger partial charge < -0.3 is 4.90 Å². The fourth-order valence-corrected chi connectivity index (χ4v) is 4.71. The van der Waals surface area contributed by atoms with Crippen molar-refractivity contribution in [3.8, 4) is 0 Å². The lowest BCUT2D eigenvalue weighted by molar-refractivity contribution is 0.376. The molecule has 3 rings (SSSR count). The molecule has 0 amide bonds. The Bertz CT molecular complexity index is 846. The molecule has 1 aliphatic heterocycles. The second kappa shape index (κ2) is 9.15. The third kappa shape index (κ3) is 4.91. The normalized spacial score (nSPS) is 18.3. The predicted molar refractivity (Wildman–Crippen MR) is 128 cm³/mol. The molecule has 2 aromatic rings. The molecule has 0 aromatic heterocycles. The molecule has 0 fully saturated rings. The van der Waals surface area contributed by atoms with Gasteiger partial charge in [-0.15, -0.1) is 0 Å². The highest BCUT2D eigenvalue weighted by molar-refractivity contribution is 5.86. The van der Waals surface area contributed by atoms with Crippen molar-refractivity contribution in [1.29, 1.82) is 0 Å². The predicted octanol–water partition coefficient (Wildman–Crippen LogP) is 7.59. The topological polar surface area (TPSA) is 15.6 Å². The summed E-state index contributed by atoms with van der Waals surface area (Å²) in [6, 6.07) is 13.5. The highest BCUT2D eigenvalue weighted by atomic mass is 15.2. The summed E-state index contributed by atoms with van der Waals surface area (Å²) in [6.07, 6.45) is 8.07. The zero-order chi connectivity index (χ0) is 21.0. The summed E-state index contributed by atoms with van der Waals surface area (Å²) in [4.78, 5) is 7.39. The molecule has 0 radical (unpaired) electrons. The molecule has 0 saturated carbocycles. The molecule has 2 heteroatoms. The first-order valence-corrected chi connectivity index (χ1v) is 11.4. The Balaban J connectivity index is 1.86. The summed E-state index contributed by atoms with van der Waals surface area (Å²) in [5.41, 5.74) is 8.09. The fourth-order valence-electron chi connectivity index (χ4n) is 4.71. The molecule has 0 spiro atoms. The standard InChI is InChI=1S/C27H38N2/c1-7-9-10-22-11-13-24(14-12-22)28-19-23-17-25-21(4)18-27(5,6)29(15-8-2)26(25)16-20(23)3/h11-14,16-17,19,21H,7-10,15,18H2,1-6H3. The molecule has 1 atom stereocenters. The Morgan fingerprint density at radius 3 is 2.48 bits per heavy atom. The highest BCUT2D eigenvalue weighted by Crippen LogP contribution is 2.44. The van der Waals surface area contributed by atoms with E-state index in [0.717, 1.165) is 18.7 Å². The molecule has 1 unspecified atom stereocenters. The van der Waals surface area contributed by atoms with Crippen LogP contribution in [-0.2, 0) is 6.42 Å². The number of nitrogens with zero attached hydrogens (tertiary/aromatic N) is 2. The number of fused-ring (bicyclic) bond motifs is 1. The Hall–Kier alpha value is -2.09. The maximum absolute atomic E-state index is 4.78. The van der Waals surface area contributed by atoms with E-state index >= 15 is 0 Å². The van der Waals surface area contributed by atoms with Crippen molar-refractivity contribution >= 4 is 17.6 Å². The van der Waals surface area contributed by atoms with Crippen LogP contribution in [-0.4, -0.2) is 18.3 Å². The Kier molecular flexibility index (Phi) is 6.82. The number of aryl methyl sites for hydroxylation is 2. The average Bonchev–Trinajstić information content (AvgIpc) is 2.68. The Morgan fingerprint density at radius 2 is 1.83 bits per heavy atom. The summed E-state index contributed by atoms with van der Waals surface area (Å²) in [5.74, 6) is 0.568. The van der Waals surface area contributed by atoms with Crippen LogP contribution in [0, 0.1) is 6.92 Å². The van der Waals surface area contributed by atoms with Gasteiger partial charge in [0, 0.05) is 24.0 Å². The molecule has 0 bridgehead atoms. The molecular weight excluding hydrogens is 352 g/mol. The monoisotopic (exact) mass is 390 g/mol. The average molecular weight is 391 g/mol. The smallest absolute Gasteiger partial charge is 0.0630 e. The maximum Gasteiger partial charge on any atom is 0.0630 e. The number of aliphatic imine (C=N–C) groups is 1. The first kappa shape index (κ1) is 21.6. The van der Waals surface area contributed by atoms with Crippen LogP contribution in [0.4, 0.5) is 11.4 Å². The van der Waals surface area contributed by atoms with Crippen LogP contribution in [0.3, 0.4) is 0 Å². The summed E-state index contributed by atoms with van der Waals surface area (Å²) < 4.78 is 0. The fraction of sp³-hybridized carbons (Fsp3) is 0.519. The minimum Gasteiger partial charge on any atom is -0.366 e. The Morgan fingerprint density at radius 1 is 1.10 bits per heavy atom. The van der Waals surface area contributed by atoms with Gasteiger partial charge in [0.15, 0.2) is 0 Å². The van der Waals surface area contributed by atoms with Crippen LogP contribution in [0.5, 0.6) is 0 Å². The highest BCUT2D eigenvalue weighted by Gasteiger charge is 2.36. The van der Waals surface area contributed by atoms with E-state index in [-0.39, 0.29) is 5.54 Å². The molecule has 2 nitrogen and oxygen atoms in total. The molecule has 29 heavy (non-hydrogen) atoms. The Labute approximate surface area is 178 Å². The number of unbranched alkanes of at least 4 members (excludes halogenated alkanes) is 1. The van der Waals surface area contributed by atoms with E-state index in [1.165, 1.54) is 53.6 Å². The van der Waals surface area contributed by atoms with Gasteiger partial charge in [-0.2, -0.15) is 0 Å². The van der Waals surface area contributed by atoms with Gasteiger partial charge in [0.1, 0.15) is 0 Å². The molecule has 1 heterocycles. The van der Waals surface area contributed by atoms with Crippen molar-refractivity contribution in [2.75, 3.05) is 11.4 Å². The number of hydrogen-bond donors (Lipinski definition) is 0. The van der Waals surface area contributed by atoms with Gasteiger partial charge in [-0.3, -0.25) is 4.99 Å². The van der Waals surface area contributed by atoms with Crippen LogP contribution in [0.25, 0.3) is 0 Å². The van der Waals surface area contributed by atoms with Gasteiger partial charge >= 0.3 is 0 Å². The van der Waals surface area contributed by atoms with Crippen LogP contribution in [0.15, 0.2) is 41.4 Å². The zero-order valence-electron chi connectivity index (χ0n) is 19.3. The van der Waals surface area contributed by atoms with E-state index in [2.05, 4.69) is 82.8 Å². The van der Waals surface area contributed by atoms with Crippen LogP contribution < -0.4 is 4.90 Å². The van der Waals surface area contributed by atoms with Crippen molar-refractivity contribution in [2.45, 2.75) is 85.1 Å². The van der Waals surface area contributed by atoms with Crippen LogP contribution >= 0.6 is 0 Å². The number of benzene rings is 2. The van der Waals surface area contributed by atoms with Gasteiger partial charge in [-0.1, -0.05) is 39.3 Å². The van der Waals surface area contributed by atoms with Crippen molar-refractivity contribution in [3.63, 3.8) is 0 Å². The largest absolute Gasteiger partial charge is 0.366 e. The van der Waals surface area contributed by atoms with Crippen LogP contribution in [0.1, 0.15) is 88.5 Å². The third-order valence-corrected chi connectivity index (χ3v) is 6.33. The maximum atomic E-state index is 4.78. The first-order chi connectivity index (χ1) is 13.9.